The van der Waals surface area contributed by atoms with Crippen LogP contribution in [0.1, 0.15) is 40.3 Å². The maximum absolute atomic E-state index is 12.8. The smallest absolute Gasteiger partial charge is 0.361 e. The molecule has 0 N–H and O–H groups in total. The van der Waals surface area contributed by atoms with Gasteiger partial charge in [0, 0.05) is 40.3 Å². The fourth-order valence-electron chi connectivity index (χ4n) is 2.88. The number of ether oxygens (including phenoxy) is 2. The second-order valence-corrected chi connectivity index (χ2v) is 6.86. The average Bonchev–Trinajstić information content (AvgIpc) is 2.71. The summed E-state index contributed by atoms with van der Waals surface area (Å²) in [4.78, 5) is 44.7. The number of amides is 1. The third kappa shape index (κ3) is 4.97. The highest BCUT2D eigenvalue weighted by molar-refractivity contribution is 5.93. The molecule has 1 heterocycles. The summed E-state index contributed by atoms with van der Waals surface area (Å²) in [5, 5.41) is 0. The van der Waals surface area contributed by atoms with Gasteiger partial charge < -0.3 is 19.3 Å². The van der Waals surface area contributed by atoms with Crippen molar-refractivity contribution < 1.29 is 19.1 Å². The first-order chi connectivity index (χ1) is 14.2. The predicted octanol–water partition coefficient (Wildman–Crippen LogP) is 1.69. The van der Waals surface area contributed by atoms with Crippen molar-refractivity contribution in [3.05, 3.63) is 51.4 Å². The summed E-state index contributed by atoms with van der Waals surface area (Å²) in [7, 11) is 6.72. The first kappa shape index (κ1) is 22.9. The summed E-state index contributed by atoms with van der Waals surface area (Å²) in [5.41, 5.74) is 0.885. The molecule has 162 valence electrons. The zero-order valence-electron chi connectivity index (χ0n) is 18.3. The van der Waals surface area contributed by atoms with E-state index in [9.17, 15) is 14.4 Å². The van der Waals surface area contributed by atoms with E-state index >= 15 is 0 Å². The first-order valence-corrected chi connectivity index (χ1v) is 9.63. The molecular formula is C21H28N4O5. The van der Waals surface area contributed by atoms with Crippen LogP contribution < -0.4 is 15.2 Å². The van der Waals surface area contributed by atoms with Gasteiger partial charge in [0.1, 0.15) is 0 Å². The van der Waals surface area contributed by atoms with Crippen LogP contribution in [0.5, 0.6) is 5.75 Å². The SMILES string of the molecule is CCOC(=O)c1nc(N(C)Cc2ccc(C(=O)N(C)C)cc2)n(C)c(=O)c1OCC. The van der Waals surface area contributed by atoms with Crippen LogP contribution in [0.15, 0.2) is 29.1 Å². The largest absolute Gasteiger partial charge is 0.486 e. The summed E-state index contributed by atoms with van der Waals surface area (Å²) in [6, 6.07) is 7.18. The lowest BCUT2D eigenvalue weighted by atomic mass is 10.1. The zero-order chi connectivity index (χ0) is 22.4. The van der Waals surface area contributed by atoms with Gasteiger partial charge in [-0.05, 0) is 31.5 Å². The number of esters is 1. The van der Waals surface area contributed by atoms with E-state index < -0.39 is 11.5 Å². The van der Waals surface area contributed by atoms with Crippen molar-refractivity contribution in [2.24, 2.45) is 7.05 Å². The van der Waals surface area contributed by atoms with Gasteiger partial charge in [-0.3, -0.25) is 14.2 Å². The normalized spacial score (nSPS) is 10.5. The number of hydrogen-bond acceptors (Lipinski definition) is 7. The molecule has 30 heavy (non-hydrogen) atoms. The second kappa shape index (κ2) is 9.91. The summed E-state index contributed by atoms with van der Waals surface area (Å²) >= 11 is 0. The number of rotatable bonds is 8. The minimum Gasteiger partial charge on any atom is -0.486 e. The van der Waals surface area contributed by atoms with Crippen molar-refractivity contribution in [2.45, 2.75) is 20.4 Å². The Bertz CT molecular complexity index is 967. The van der Waals surface area contributed by atoms with E-state index in [1.165, 1.54) is 9.47 Å². The molecule has 1 amide bonds. The number of hydrogen-bond donors (Lipinski definition) is 0. The van der Waals surface area contributed by atoms with Crippen LogP contribution in [-0.2, 0) is 18.3 Å². The van der Waals surface area contributed by atoms with Gasteiger partial charge >= 0.3 is 5.97 Å². The maximum Gasteiger partial charge on any atom is 0.361 e. The number of anilines is 1. The van der Waals surface area contributed by atoms with E-state index in [-0.39, 0.29) is 30.6 Å². The predicted molar refractivity (Wildman–Crippen MR) is 113 cm³/mol. The lowest BCUT2D eigenvalue weighted by Gasteiger charge is -2.22. The molecule has 2 aromatic rings. The minimum atomic E-state index is -0.708. The number of benzene rings is 1. The molecule has 0 aliphatic heterocycles. The van der Waals surface area contributed by atoms with E-state index in [0.717, 1.165) is 5.56 Å². The van der Waals surface area contributed by atoms with Gasteiger partial charge in [-0.1, -0.05) is 12.1 Å². The van der Waals surface area contributed by atoms with Crippen LogP contribution in [0, 0.1) is 0 Å². The second-order valence-electron chi connectivity index (χ2n) is 6.86. The van der Waals surface area contributed by atoms with Crippen LogP contribution >= 0.6 is 0 Å². The number of carbonyl (C=O) groups is 2. The van der Waals surface area contributed by atoms with Crippen molar-refractivity contribution in [1.29, 1.82) is 0 Å². The Kier molecular flexibility index (Phi) is 7.57. The molecule has 0 saturated heterocycles. The van der Waals surface area contributed by atoms with E-state index in [1.54, 1.807) is 59.1 Å². The molecular weight excluding hydrogens is 388 g/mol. The fraction of sp³-hybridized carbons (Fsp3) is 0.429. The van der Waals surface area contributed by atoms with Crippen LogP contribution in [0.25, 0.3) is 0 Å². The Labute approximate surface area is 175 Å². The van der Waals surface area contributed by atoms with E-state index in [0.29, 0.717) is 18.1 Å². The van der Waals surface area contributed by atoms with Crippen molar-refractivity contribution in [3.63, 3.8) is 0 Å². The van der Waals surface area contributed by atoms with Gasteiger partial charge in [0.15, 0.2) is 5.69 Å². The topological polar surface area (TPSA) is 94.0 Å². The molecule has 0 saturated carbocycles. The molecule has 0 fully saturated rings. The average molecular weight is 416 g/mol. The molecule has 0 radical (unpaired) electrons. The number of nitrogens with zero attached hydrogens (tertiary/aromatic N) is 4. The Morgan fingerprint density at radius 1 is 1.07 bits per heavy atom. The minimum absolute atomic E-state index is 0.0791. The highest BCUT2D eigenvalue weighted by Crippen LogP contribution is 2.19. The third-order valence-electron chi connectivity index (χ3n) is 4.35. The molecule has 0 aliphatic carbocycles. The van der Waals surface area contributed by atoms with E-state index in [2.05, 4.69) is 4.98 Å². The molecule has 0 unspecified atom stereocenters. The Morgan fingerprint density at radius 3 is 2.23 bits per heavy atom. The summed E-state index contributed by atoms with van der Waals surface area (Å²) in [6.45, 7) is 4.18. The van der Waals surface area contributed by atoms with Crippen LogP contribution in [0.4, 0.5) is 5.95 Å². The fourth-order valence-corrected chi connectivity index (χ4v) is 2.88. The molecule has 0 aliphatic rings. The van der Waals surface area contributed by atoms with Gasteiger partial charge in [0.25, 0.3) is 11.5 Å². The van der Waals surface area contributed by atoms with Crippen molar-refractivity contribution in [2.75, 3.05) is 39.3 Å². The Hall–Kier alpha value is -3.36. The van der Waals surface area contributed by atoms with Gasteiger partial charge in [-0.2, -0.15) is 0 Å². The monoisotopic (exact) mass is 416 g/mol. The molecule has 0 spiro atoms. The van der Waals surface area contributed by atoms with Gasteiger partial charge in [0.05, 0.1) is 13.2 Å². The molecule has 1 aromatic heterocycles. The Morgan fingerprint density at radius 2 is 1.70 bits per heavy atom. The highest BCUT2D eigenvalue weighted by atomic mass is 16.5. The van der Waals surface area contributed by atoms with Gasteiger partial charge in [-0.25, -0.2) is 9.78 Å². The van der Waals surface area contributed by atoms with E-state index in [4.69, 9.17) is 9.47 Å². The molecule has 0 atom stereocenters. The molecule has 2 rings (SSSR count). The highest BCUT2D eigenvalue weighted by Gasteiger charge is 2.24. The Balaban J connectivity index is 2.37. The van der Waals surface area contributed by atoms with Crippen LogP contribution in [-0.4, -0.2) is 60.7 Å². The molecule has 9 heteroatoms. The number of aromatic nitrogens is 2. The third-order valence-corrected chi connectivity index (χ3v) is 4.35. The van der Waals surface area contributed by atoms with Crippen molar-refractivity contribution in [3.8, 4) is 5.75 Å². The zero-order valence-corrected chi connectivity index (χ0v) is 18.3. The van der Waals surface area contributed by atoms with Crippen LogP contribution in [0.2, 0.25) is 0 Å². The summed E-state index contributed by atoms with van der Waals surface area (Å²) in [5.74, 6) is -0.619. The summed E-state index contributed by atoms with van der Waals surface area (Å²) < 4.78 is 11.7. The van der Waals surface area contributed by atoms with Crippen molar-refractivity contribution in [1.82, 2.24) is 14.5 Å². The summed E-state index contributed by atoms with van der Waals surface area (Å²) in [6.07, 6.45) is 0. The molecule has 1 aromatic carbocycles. The quantitative estimate of drug-likeness (QED) is 0.605. The molecule has 0 bridgehead atoms. The molecule has 9 nitrogen and oxygen atoms in total. The van der Waals surface area contributed by atoms with Gasteiger partial charge in [-0.15, -0.1) is 0 Å². The first-order valence-electron chi connectivity index (χ1n) is 9.63. The lowest BCUT2D eigenvalue weighted by Crippen LogP contribution is -2.32. The van der Waals surface area contributed by atoms with Crippen LogP contribution in [0.3, 0.4) is 0 Å². The van der Waals surface area contributed by atoms with E-state index in [1.807, 2.05) is 12.1 Å². The van der Waals surface area contributed by atoms with Crippen molar-refractivity contribution >= 4 is 17.8 Å². The number of carbonyl (C=O) groups excluding carboxylic acids is 2. The lowest BCUT2D eigenvalue weighted by molar-refractivity contribution is 0.0513. The van der Waals surface area contributed by atoms with Gasteiger partial charge in [0.2, 0.25) is 11.7 Å². The standard InChI is InChI=1S/C21H28N4O5/c1-7-29-17-16(20(28)30-8-2)22-21(25(6)19(17)27)24(5)13-14-9-11-15(12-10-14)18(26)23(3)4/h9-12H,7-8,13H2,1-6H3. The maximum atomic E-state index is 12.8.